The maximum Gasteiger partial charge on any atom is 0.322 e. The van der Waals surface area contributed by atoms with E-state index < -0.39 is 23.3 Å². The molecule has 39 heavy (non-hydrogen) atoms. The van der Waals surface area contributed by atoms with E-state index in [1.54, 1.807) is 24.4 Å². The minimum Gasteiger partial charge on any atom is -0.481 e. The molecule has 1 saturated heterocycles. The van der Waals surface area contributed by atoms with Crippen molar-refractivity contribution >= 4 is 28.7 Å². The molecule has 0 unspecified atom stereocenters. The third-order valence-corrected chi connectivity index (χ3v) is 6.80. The predicted molar refractivity (Wildman–Crippen MR) is 140 cm³/mol. The van der Waals surface area contributed by atoms with E-state index in [-0.39, 0.29) is 25.6 Å². The van der Waals surface area contributed by atoms with Crippen LogP contribution in [0.15, 0.2) is 79.0 Å². The maximum absolute atomic E-state index is 13.5. The van der Waals surface area contributed by atoms with Crippen LogP contribution in [0.25, 0.3) is 10.9 Å². The Morgan fingerprint density at radius 2 is 1.85 bits per heavy atom. The fraction of sp³-hybridized carbons (Fsp3) is 0.133. The molecule has 6 rings (SSSR count). The van der Waals surface area contributed by atoms with Crippen LogP contribution in [-0.2, 0) is 16.9 Å². The van der Waals surface area contributed by atoms with Gasteiger partial charge in [0.05, 0.1) is 12.1 Å². The van der Waals surface area contributed by atoms with Crippen molar-refractivity contribution in [3.63, 3.8) is 0 Å². The summed E-state index contributed by atoms with van der Waals surface area (Å²) in [5.74, 6) is 5.10. The number of rotatable bonds is 5. The first-order valence-electron chi connectivity index (χ1n) is 12.2. The van der Waals surface area contributed by atoms with Crippen LogP contribution in [0.1, 0.15) is 27.0 Å². The van der Waals surface area contributed by atoms with E-state index in [9.17, 15) is 18.8 Å². The number of para-hydroxylation sites is 1. The summed E-state index contributed by atoms with van der Waals surface area (Å²) < 4.78 is 19.3. The monoisotopic (exact) mass is 520 g/mol. The topological polar surface area (TPSA) is 101 Å². The standard InChI is InChI=1S/C30H21FN4O4/c31-23-10-8-22(9-11-23)30(28(37)33-29(38)34-30)18-35-17-21-7-12-24(15-25(21)27(35)36)39-13-3-4-19-14-20-5-1-2-6-26(20)32-16-19/h1-2,5-12,14-16H,13,17-18H2,(H2,33,34,37,38)/t30-/m0/s1. The zero-order valence-corrected chi connectivity index (χ0v) is 20.5. The minimum absolute atomic E-state index is 0.114. The first-order valence-corrected chi connectivity index (χ1v) is 12.2. The lowest BCUT2D eigenvalue weighted by molar-refractivity contribution is -0.124. The van der Waals surface area contributed by atoms with Gasteiger partial charge in [0, 0.05) is 29.3 Å². The second kappa shape index (κ2) is 9.58. The van der Waals surface area contributed by atoms with Crippen LogP contribution in [0.2, 0.25) is 0 Å². The number of aromatic nitrogens is 1. The molecule has 3 heterocycles. The number of halogens is 1. The van der Waals surface area contributed by atoms with Crippen molar-refractivity contribution in [2.24, 2.45) is 0 Å². The number of hydrogen-bond acceptors (Lipinski definition) is 5. The number of benzene rings is 3. The molecule has 9 heteroatoms. The fourth-order valence-corrected chi connectivity index (χ4v) is 4.87. The van der Waals surface area contributed by atoms with Gasteiger partial charge in [-0.3, -0.25) is 19.9 Å². The largest absolute Gasteiger partial charge is 0.481 e. The number of urea groups is 1. The zero-order chi connectivity index (χ0) is 27.0. The molecule has 2 aliphatic heterocycles. The number of imide groups is 1. The molecule has 1 atom stereocenters. The van der Waals surface area contributed by atoms with E-state index in [1.165, 1.54) is 29.2 Å². The van der Waals surface area contributed by atoms with Crippen molar-refractivity contribution in [3.05, 3.63) is 107 Å². The van der Waals surface area contributed by atoms with E-state index in [1.807, 2.05) is 30.3 Å². The highest BCUT2D eigenvalue weighted by atomic mass is 19.1. The van der Waals surface area contributed by atoms with Crippen LogP contribution in [0.3, 0.4) is 0 Å². The average Bonchev–Trinajstić information content (AvgIpc) is 3.41. The molecular formula is C30H21FN4O4. The summed E-state index contributed by atoms with van der Waals surface area (Å²) in [4.78, 5) is 44.1. The second-order valence-corrected chi connectivity index (χ2v) is 9.31. The number of carbonyl (C=O) groups excluding carboxylic acids is 3. The molecule has 1 aromatic heterocycles. The highest BCUT2D eigenvalue weighted by Crippen LogP contribution is 2.32. The van der Waals surface area contributed by atoms with E-state index in [0.29, 0.717) is 16.9 Å². The molecule has 3 aromatic carbocycles. The molecule has 4 amide bonds. The number of carbonyl (C=O) groups is 3. The second-order valence-electron chi connectivity index (χ2n) is 9.31. The van der Waals surface area contributed by atoms with Crippen LogP contribution in [0, 0.1) is 17.7 Å². The van der Waals surface area contributed by atoms with Crippen LogP contribution in [0.4, 0.5) is 9.18 Å². The summed E-state index contributed by atoms with van der Waals surface area (Å²) in [6.07, 6.45) is 1.71. The van der Waals surface area contributed by atoms with Gasteiger partial charge in [-0.05, 0) is 47.5 Å². The van der Waals surface area contributed by atoms with E-state index in [4.69, 9.17) is 4.74 Å². The molecule has 0 aliphatic carbocycles. The summed E-state index contributed by atoms with van der Waals surface area (Å²) in [6.45, 7) is 0.240. The highest BCUT2D eigenvalue weighted by molar-refractivity contribution is 6.08. The lowest BCUT2D eigenvalue weighted by atomic mass is 9.89. The Balaban J connectivity index is 1.16. The first kappa shape index (κ1) is 24.1. The van der Waals surface area contributed by atoms with Gasteiger partial charge < -0.3 is 15.0 Å². The quantitative estimate of drug-likeness (QED) is 0.310. The van der Waals surface area contributed by atoms with Gasteiger partial charge >= 0.3 is 6.03 Å². The third-order valence-electron chi connectivity index (χ3n) is 6.80. The van der Waals surface area contributed by atoms with Crippen LogP contribution in [-0.4, -0.2) is 40.9 Å². The summed E-state index contributed by atoms with van der Waals surface area (Å²) in [5.41, 5.74) is 1.72. The van der Waals surface area contributed by atoms with E-state index >= 15 is 0 Å². The van der Waals surface area contributed by atoms with Crippen molar-refractivity contribution in [2.45, 2.75) is 12.1 Å². The molecule has 2 N–H and O–H groups in total. The van der Waals surface area contributed by atoms with Crippen LogP contribution < -0.4 is 15.4 Å². The van der Waals surface area contributed by atoms with Crippen molar-refractivity contribution in [2.75, 3.05) is 13.2 Å². The Morgan fingerprint density at radius 1 is 1.03 bits per heavy atom. The van der Waals surface area contributed by atoms with Crippen LogP contribution in [0.5, 0.6) is 5.75 Å². The van der Waals surface area contributed by atoms with Crippen LogP contribution >= 0.6 is 0 Å². The maximum atomic E-state index is 13.5. The number of amides is 4. The number of fused-ring (bicyclic) bond motifs is 2. The van der Waals surface area contributed by atoms with Gasteiger partial charge in [-0.15, -0.1) is 0 Å². The summed E-state index contributed by atoms with van der Waals surface area (Å²) in [6, 6.07) is 19.5. The van der Waals surface area contributed by atoms with Gasteiger partial charge in [-0.25, -0.2) is 9.18 Å². The summed E-state index contributed by atoms with van der Waals surface area (Å²) in [7, 11) is 0. The normalized spacial score (nSPS) is 17.9. The molecule has 0 saturated carbocycles. The number of pyridine rings is 1. The fourth-order valence-electron chi connectivity index (χ4n) is 4.87. The Morgan fingerprint density at radius 3 is 2.64 bits per heavy atom. The van der Waals surface area contributed by atoms with Crippen molar-refractivity contribution < 1.29 is 23.5 Å². The first-order chi connectivity index (χ1) is 18.9. The molecule has 192 valence electrons. The van der Waals surface area contributed by atoms with E-state index in [0.717, 1.165) is 22.0 Å². The minimum atomic E-state index is -1.53. The smallest absolute Gasteiger partial charge is 0.322 e. The molecule has 4 aromatic rings. The Hall–Kier alpha value is -5.23. The number of nitrogens with zero attached hydrogens (tertiary/aromatic N) is 2. The molecule has 0 spiro atoms. The molecule has 8 nitrogen and oxygen atoms in total. The van der Waals surface area contributed by atoms with Gasteiger partial charge in [-0.1, -0.05) is 48.2 Å². The number of ether oxygens (including phenoxy) is 1. The SMILES string of the molecule is O=C1NC(=O)[C@](CN2Cc3ccc(OCC#Cc4cnc5ccccc5c4)cc3C2=O)(c2ccc(F)cc2)N1. The van der Waals surface area contributed by atoms with Gasteiger partial charge in [0.2, 0.25) is 0 Å². The molecule has 0 radical (unpaired) electrons. The summed E-state index contributed by atoms with van der Waals surface area (Å²) in [5, 5.41) is 5.87. The molecule has 2 aliphatic rings. The Kier molecular flexibility index (Phi) is 5.92. The van der Waals surface area contributed by atoms with Crippen molar-refractivity contribution in [3.8, 4) is 17.6 Å². The highest BCUT2D eigenvalue weighted by Gasteiger charge is 2.50. The molecule has 1 fully saturated rings. The average molecular weight is 521 g/mol. The lowest BCUT2D eigenvalue weighted by Gasteiger charge is -2.31. The lowest BCUT2D eigenvalue weighted by Crippen LogP contribution is -2.52. The third kappa shape index (κ3) is 4.53. The van der Waals surface area contributed by atoms with Crippen molar-refractivity contribution in [1.82, 2.24) is 20.5 Å². The van der Waals surface area contributed by atoms with Crippen molar-refractivity contribution in [1.29, 1.82) is 0 Å². The number of nitrogens with one attached hydrogen (secondary N) is 2. The number of hydrogen-bond donors (Lipinski definition) is 2. The predicted octanol–water partition coefficient (Wildman–Crippen LogP) is 3.50. The zero-order valence-electron chi connectivity index (χ0n) is 20.5. The Labute approximate surface area is 222 Å². The molecule has 0 bridgehead atoms. The summed E-state index contributed by atoms with van der Waals surface area (Å²) >= 11 is 0. The van der Waals surface area contributed by atoms with Gasteiger partial charge in [0.25, 0.3) is 11.8 Å². The van der Waals surface area contributed by atoms with Gasteiger partial charge in [-0.2, -0.15) is 0 Å². The van der Waals surface area contributed by atoms with Gasteiger partial charge in [0.1, 0.15) is 18.2 Å². The van der Waals surface area contributed by atoms with Gasteiger partial charge in [0.15, 0.2) is 5.54 Å². The van der Waals surface area contributed by atoms with E-state index in [2.05, 4.69) is 27.5 Å². The molecular weight excluding hydrogens is 499 g/mol. The Bertz CT molecular complexity index is 1710.